The number of rotatable bonds is 7. The largest absolute Gasteiger partial charge is 0.478 e. The van der Waals surface area contributed by atoms with Crippen molar-refractivity contribution in [2.24, 2.45) is 0 Å². The highest BCUT2D eigenvalue weighted by molar-refractivity contribution is 6.08. The van der Waals surface area contributed by atoms with Gasteiger partial charge < -0.3 is 15.0 Å². The van der Waals surface area contributed by atoms with E-state index < -0.39 is 11.5 Å². The molecule has 2 N–H and O–H groups in total. The minimum Gasteiger partial charge on any atom is -0.478 e. The highest BCUT2D eigenvalue weighted by Gasteiger charge is 2.46. The molecule has 0 aliphatic heterocycles. The summed E-state index contributed by atoms with van der Waals surface area (Å²) < 4.78 is 15.9. The van der Waals surface area contributed by atoms with Gasteiger partial charge in [0.25, 0.3) is 5.91 Å². The Hall–Kier alpha value is -5.30. The van der Waals surface area contributed by atoms with E-state index in [1.165, 1.54) is 12.1 Å². The van der Waals surface area contributed by atoms with Crippen LogP contribution in [0, 0.1) is 5.82 Å². The average molecular weight is 556 g/mol. The van der Waals surface area contributed by atoms with Gasteiger partial charge in [-0.2, -0.15) is 0 Å². The smallest absolute Gasteiger partial charge is 0.335 e. The summed E-state index contributed by atoms with van der Waals surface area (Å²) in [6.45, 7) is 0.405. The van der Waals surface area contributed by atoms with Crippen LogP contribution in [0.4, 0.5) is 4.39 Å². The summed E-state index contributed by atoms with van der Waals surface area (Å²) in [6.07, 6.45) is 3.49. The van der Waals surface area contributed by atoms with Gasteiger partial charge in [0.05, 0.1) is 39.9 Å². The zero-order valence-corrected chi connectivity index (χ0v) is 22.5. The van der Waals surface area contributed by atoms with Gasteiger partial charge in [-0.25, -0.2) is 9.18 Å². The second-order valence-electron chi connectivity index (χ2n) is 10.8. The first kappa shape index (κ1) is 25.7. The topological polar surface area (TPSA) is 84.2 Å². The lowest BCUT2D eigenvalue weighted by Crippen LogP contribution is -2.35. The van der Waals surface area contributed by atoms with Crippen LogP contribution < -0.4 is 5.32 Å². The Balaban J connectivity index is 1.29. The van der Waals surface area contributed by atoms with Crippen molar-refractivity contribution in [1.82, 2.24) is 14.9 Å². The number of halogens is 1. The number of pyridine rings is 1. The van der Waals surface area contributed by atoms with Crippen molar-refractivity contribution >= 4 is 33.7 Å². The normalized spacial score (nSPS) is 13.7. The molecular weight excluding hydrogens is 529 g/mol. The highest BCUT2D eigenvalue weighted by atomic mass is 19.1. The van der Waals surface area contributed by atoms with Crippen LogP contribution in [0.1, 0.15) is 44.8 Å². The number of aromatic carboxylic acids is 1. The SMILES string of the molecule is O=C(O)c1ccc(C2(NC(=O)c3cc(-c4ccccc4)cc4ccn(Cc5ccc6ccc(F)cc6n5)c34)CC2)cc1. The molecule has 206 valence electrons. The van der Waals surface area contributed by atoms with Crippen LogP contribution in [0.2, 0.25) is 0 Å². The number of carbonyl (C=O) groups excluding carboxylic acids is 1. The molecule has 0 radical (unpaired) electrons. The number of amides is 1. The first-order chi connectivity index (χ1) is 20.4. The Bertz CT molecular complexity index is 1990. The summed E-state index contributed by atoms with van der Waals surface area (Å²) >= 11 is 0. The van der Waals surface area contributed by atoms with Gasteiger partial charge in [0.1, 0.15) is 5.82 Å². The van der Waals surface area contributed by atoms with E-state index in [2.05, 4.69) is 16.4 Å². The lowest BCUT2D eigenvalue weighted by Gasteiger charge is -2.20. The maximum Gasteiger partial charge on any atom is 0.335 e. The number of carbonyl (C=O) groups is 2. The molecule has 7 rings (SSSR count). The second kappa shape index (κ2) is 9.96. The van der Waals surface area contributed by atoms with Gasteiger partial charge in [0.15, 0.2) is 0 Å². The van der Waals surface area contributed by atoms with E-state index in [9.17, 15) is 19.1 Å². The molecule has 2 heterocycles. The molecule has 0 unspecified atom stereocenters. The number of nitrogens with zero attached hydrogens (tertiary/aromatic N) is 2. The standard InChI is InChI=1S/C35H26FN3O3/c36-28-12-8-23-9-13-29(37-31(23)20-28)21-39-17-14-25-18-26(22-4-2-1-3-5-22)19-30(32(25)39)33(40)38-35(15-16-35)27-10-6-24(7-11-27)34(41)42/h1-14,17-20H,15-16,21H2,(H,38,40)(H,41,42). The molecule has 1 saturated carbocycles. The van der Waals surface area contributed by atoms with Crippen LogP contribution in [0.3, 0.4) is 0 Å². The van der Waals surface area contributed by atoms with Crippen LogP contribution in [-0.4, -0.2) is 26.5 Å². The molecular formula is C35H26FN3O3. The number of hydrogen-bond donors (Lipinski definition) is 2. The maximum absolute atomic E-state index is 14.1. The van der Waals surface area contributed by atoms with Crippen molar-refractivity contribution in [3.63, 3.8) is 0 Å². The number of fused-ring (bicyclic) bond motifs is 2. The average Bonchev–Trinajstić information content (AvgIpc) is 3.68. The van der Waals surface area contributed by atoms with Crippen LogP contribution in [0.15, 0.2) is 109 Å². The fraction of sp³-hybridized carbons (Fsp3) is 0.114. The first-order valence-electron chi connectivity index (χ1n) is 13.8. The number of hydrogen-bond acceptors (Lipinski definition) is 3. The number of benzene rings is 4. The maximum atomic E-state index is 14.1. The molecule has 1 aliphatic rings. The van der Waals surface area contributed by atoms with E-state index >= 15 is 0 Å². The predicted octanol–water partition coefficient (Wildman–Crippen LogP) is 7.16. The third kappa shape index (κ3) is 4.69. The van der Waals surface area contributed by atoms with Crippen molar-refractivity contribution in [2.45, 2.75) is 24.9 Å². The zero-order chi connectivity index (χ0) is 28.8. The Morgan fingerprint density at radius 1 is 0.857 bits per heavy atom. The first-order valence-corrected chi connectivity index (χ1v) is 13.8. The Morgan fingerprint density at radius 3 is 2.36 bits per heavy atom. The molecule has 4 aromatic carbocycles. The fourth-order valence-electron chi connectivity index (χ4n) is 5.67. The van der Waals surface area contributed by atoms with E-state index in [1.54, 1.807) is 30.3 Å². The van der Waals surface area contributed by atoms with E-state index in [0.717, 1.165) is 51.5 Å². The van der Waals surface area contributed by atoms with E-state index in [0.29, 0.717) is 17.6 Å². The van der Waals surface area contributed by atoms with Crippen molar-refractivity contribution in [2.75, 3.05) is 0 Å². The van der Waals surface area contributed by atoms with Crippen LogP contribution in [-0.2, 0) is 12.1 Å². The molecule has 0 spiro atoms. The number of aromatic nitrogens is 2. The summed E-state index contributed by atoms with van der Waals surface area (Å²) in [4.78, 5) is 30.1. The van der Waals surface area contributed by atoms with Gasteiger partial charge >= 0.3 is 5.97 Å². The van der Waals surface area contributed by atoms with Gasteiger partial charge in [-0.15, -0.1) is 0 Å². The summed E-state index contributed by atoms with van der Waals surface area (Å²) in [6, 6.07) is 31.1. The Labute approximate surface area is 241 Å². The van der Waals surface area contributed by atoms with Gasteiger partial charge in [0.2, 0.25) is 0 Å². The Kier molecular flexibility index (Phi) is 6.08. The second-order valence-corrected chi connectivity index (χ2v) is 10.8. The van der Waals surface area contributed by atoms with Crippen LogP contribution >= 0.6 is 0 Å². The van der Waals surface area contributed by atoms with Gasteiger partial charge in [-0.3, -0.25) is 9.78 Å². The third-order valence-corrected chi connectivity index (χ3v) is 8.04. The lowest BCUT2D eigenvalue weighted by molar-refractivity contribution is 0.0696. The number of carboxylic acid groups (broad SMARTS) is 1. The number of carboxylic acids is 1. The molecule has 1 aliphatic carbocycles. The summed E-state index contributed by atoms with van der Waals surface area (Å²) in [5.74, 6) is -1.52. The predicted molar refractivity (Wildman–Crippen MR) is 160 cm³/mol. The molecule has 1 fully saturated rings. The quantitative estimate of drug-likeness (QED) is 0.219. The molecule has 2 aromatic heterocycles. The number of nitrogens with one attached hydrogen (secondary N) is 1. The summed E-state index contributed by atoms with van der Waals surface area (Å²) in [5.41, 5.74) is 5.15. The zero-order valence-electron chi connectivity index (χ0n) is 22.5. The monoisotopic (exact) mass is 555 g/mol. The van der Waals surface area contributed by atoms with Crippen molar-refractivity contribution in [3.05, 3.63) is 138 Å². The summed E-state index contributed by atoms with van der Waals surface area (Å²) in [5, 5.41) is 14.3. The van der Waals surface area contributed by atoms with Gasteiger partial charge in [-0.1, -0.05) is 48.5 Å². The fourth-order valence-corrected chi connectivity index (χ4v) is 5.67. The van der Waals surface area contributed by atoms with Crippen molar-refractivity contribution < 1.29 is 19.1 Å². The molecule has 6 aromatic rings. The van der Waals surface area contributed by atoms with Crippen LogP contribution in [0.25, 0.3) is 32.9 Å². The van der Waals surface area contributed by atoms with Crippen molar-refractivity contribution in [3.8, 4) is 11.1 Å². The Morgan fingerprint density at radius 2 is 1.62 bits per heavy atom. The van der Waals surface area contributed by atoms with E-state index in [1.807, 2.05) is 65.4 Å². The molecule has 0 atom stereocenters. The minimum atomic E-state index is -0.984. The summed E-state index contributed by atoms with van der Waals surface area (Å²) in [7, 11) is 0. The van der Waals surface area contributed by atoms with Crippen LogP contribution in [0.5, 0.6) is 0 Å². The van der Waals surface area contributed by atoms with E-state index in [-0.39, 0.29) is 17.3 Å². The molecule has 42 heavy (non-hydrogen) atoms. The lowest BCUT2D eigenvalue weighted by atomic mass is 9.98. The van der Waals surface area contributed by atoms with Crippen molar-refractivity contribution in [1.29, 1.82) is 0 Å². The minimum absolute atomic E-state index is 0.203. The molecule has 0 bridgehead atoms. The molecule has 1 amide bonds. The van der Waals surface area contributed by atoms with Gasteiger partial charge in [-0.05, 0) is 78.1 Å². The highest BCUT2D eigenvalue weighted by Crippen LogP contribution is 2.46. The van der Waals surface area contributed by atoms with E-state index in [4.69, 9.17) is 0 Å². The molecule has 7 heteroatoms. The molecule has 6 nitrogen and oxygen atoms in total. The van der Waals surface area contributed by atoms with Gasteiger partial charge in [0, 0.05) is 23.0 Å². The molecule has 0 saturated heterocycles. The third-order valence-electron chi connectivity index (χ3n) is 8.04.